The Morgan fingerprint density at radius 1 is 1.25 bits per heavy atom. The number of carbonyl (C=O) groups excluding carboxylic acids is 1. The topological polar surface area (TPSA) is 58.4 Å². The molecule has 0 aliphatic rings. The first-order chi connectivity index (χ1) is 11.5. The van der Waals surface area contributed by atoms with Crippen LogP contribution in [0.5, 0.6) is 0 Å². The second-order valence-electron chi connectivity index (χ2n) is 5.83. The van der Waals surface area contributed by atoms with Crippen LogP contribution in [-0.2, 0) is 6.54 Å². The molecule has 0 radical (unpaired) electrons. The molecule has 0 bridgehead atoms. The van der Waals surface area contributed by atoms with E-state index in [2.05, 4.69) is 15.2 Å². The van der Waals surface area contributed by atoms with Crippen molar-refractivity contribution in [3.8, 4) is 11.5 Å². The van der Waals surface area contributed by atoms with E-state index in [1.165, 1.54) is 13.1 Å². The van der Waals surface area contributed by atoms with Gasteiger partial charge < -0.3 is 14.6 Å². The lowest BCUT2D eigenvalue weighted by molar-refractivity contribution is 0.0963. The Balaban J connectivity index is 2.03. The number of nitrogens with zero attached hydrogens (tertiary/aromatic N) is 2. The Morgan fingerprint density at radius 2 is 1.96 bits per heavy atom. The first kappa shape index (κ1) is 16.1. The number of oxazole rings is 1. The number of fused-ring (bicyclic) bond motifs is 1. The van der Waals surface area contributed by atoms with Crippen molar-refractivity contribution in [1.82, 2.24) is 15.2 Å². The Kier molecular flexibility index (Phi) is 4.31. The normalized spacial score (nSPS) is 11.2. The van der Waals surface area contributed by atoms with Crippen LogP contribution in [0.2, 0.25) is 0 Å². The van der Waals surface area contributed by atoms with E-state index in [0.29, 0.717) is 11.4 Å². The summed E-state index contributed by atoms with van der Waals surface area (Å²) in [6, 6.07) is 10.2. The van der Waals surface area contributed by atoms with Crippen molar-refractivity contribution in [3.63, 3.8) is 0 Å². The fourth-order valence-electron chi connectivity index (χ4n) is 2.54. The lowest BCUT2D eigenvalue weighted by Crippen LogP contribution is -2.18. The largest absolute Gasteiger partial charge is 0.435 e. The summed E-state index contributed by atoms with van der Waals surface area (Å²) in [7, 11) is 5.49. The fraction of sp³-hybridized carbons (Fsp3) is 0.222. The molecule has 5 nitrogen and oxygen atoms in total. The lowest BCUT2D eigenvalue weighted by Gasteiger charge is -2.09. The van der Waals surface area contributed by atoms with E-state index in [1.54, 1.807) is 0 Å². The summed E-state index contributed by atoms with van der Waals surface area (Å²) in [6.07, 6.45) is 0. The lowest BCUT2D eigenvalue weighted by atomic mass is 10.1. The molecule has 1 amide bonds. The highest BCUT2D eigenvalue weighted by Crippen LogP contribution is 2.28. The molecule has 6 heteroatoms. The molecule has 124 valence electrons. The van der Waals surface area contributed by atoms with Gasteiger partial charge in [-0.15, -0.1) is 0 Å². The van der Waals surface area contributed by atoms with Crippen molar-refractivity contribution < 1.29 is 13.6 Å². The van der Waals surface area contributed by atoms with Gasteiger partial charge in [-0.25, -0.2) is 9.37 Å². The molecule has 2 aromatic carbocycles. The zero-order chi connectivity index (χ0) is 17.3. The Hall–Kier alpha value is -2.73. The number of aromatic nitrogens is 1. The number of halogens is 1. The van der Waals surface area contributed by atoms with E-state index in [0.717, 1.165) is 23.7 Å². The van der Waals surface area contributed by atoms with Crippen LogP contribution in [0.15, 0.2) is 40.8 Å². The van der Waals surface area contributed by atoms with Crippen LogP contribution in [0.3, 0.4) is 0 Å². The number of rotatable bonds is 4. The van der Waals surface area contributed by atoms with Gasteiger partial charge in [-0.3, -0.25) is 4.79 Å². The van der Waals surface area contributed by atoms with E-state index in [-0.39, 0.29) is 11.1 Å². The van der Waals surface area contributed by atoms with Crippen molar-refractivity contribution >= 4 is 17.0 Å². The smallest absolute Gasteiger partial charge is 0.255 e. The SMILES string of the molecule is CNC(=O)c1cc(F)cc2nc(-c3ccc(CN(C)C)cc3)oc12. The Morgan fingerprint density at radius 3 is 2.58 bits per heavy atom. The van der Waals surface area contributed by atoms with Crippen LogP contribution >= 0.6 is 0 Å². The second-order valence-corrected chi connectivity index (χ2v) is 5.83. The van der Waals surface area contributed by atoms with Crippen LogP contribution in [0.25, 0.3) is 22.6 Å². The molecule has 1 N–H and O–H groups in total. The quantitative estimate of drug-likeness (QED) is 0.800. The Labute approximate surface area is 139 Å². The molecule has 1 heterocycles. The van der Waals surface area contributed by atoms with Crippen LogP contribution in [-0.4, -0.2) is 36.9 Å². The third kappa shape index (κ3) is 3.14. The molecular formula is C18H18FN3O2. The summed E-state index contributed by atoms with van der Waals surface area (Å²) in [5.41, 5.74) is 2.67. The third-order valence-electron chi connectivity index (χ3n) is 3.63. The summed E-state index contributed by atoms with van der Waals surface area (Å²) < 4.78 is 19.4. The predicted molar refractivity (Wildman–Crippen MR) is 90.2 cm³/mol. The summed E-state index contributed by atoms with van der Waals surface area (Å²) in [6.45, 7) is 0.833. The predicted octanol–water partition coefficient (Wildman–Crippen LogP) is 3.06. The highest BCUT2D eigenvalue weighted by atomic mass is 19.1. The van der Waals surface area contributed by atoms with Crippen LogP contribution in [0.4, 0.5) is 4.39 Å². The first-order valence-electron chi connectivity index (χ1n) is 7.54. The fourth-order valence-corrected chi connectivity index (χ4v) is 2.54. The van der Waals surface area contributed by atoms with Gasteiger partial charge in [0.1, 0.15) is 11.3 Å². The van der Waals surface area contributed by atoms with Gasteiger partial charge in [0.2, 0.25) is 5.89 Å². The monoisotopic (exact) mass is 327 g/mol. The molecule has 24 heavy (non-hydrogen) atoms. The highest BCUT2D eigenvalue weighted by Gasteiger charge is 2.17. The van der Waals surface area contributed by atoms with Crippen molar-refractivity contribution in [1.29, 1.82) is 0 Å². The molecule has 0 aliphatic heterocycles. The number of hydrogen-bond acceptors (Lipinski definition) is 4. The van der Waals surface area contributed by atoms with Gasteiger partial charge in [0.15, 0.2) is 5.58 Å². The molecule has 0 saturated carbocycles. The average Bonchev–Trinajstić information content (AvgIpc) is 2.97. The summed E-state index contributed by atoms with van der Waals surface area (Å²) in [5.74, 6) is -0.581. The maximum Gasteiger partial charge on any atom is 0.255 e. The van der Waals surface area contributed by atoms with Gasteiger partial charge in [0.25, 0.3) is 5.91 Å². The maximum atomic E-state index is 13.7. The number of nitrogens with one attached hydrogen (secondary N) is 1. The molecule has 0 spiro atoms. The molecule has 0 unspecified atom stereocenters. The number of benzene rings is 2. The maximum absolute atomic E-state index is 13.7. The number of carbonyl (C=O) groups is 1. The minimum absolute atomic E-state index is 0.135. The molecule has 0 fully saturated rings. The van der Waals surface area contributed by atoms with Gasteiger partial charge in [-0.05, 0) is 37.9 Å². The highest BCUT2D eigenvalue weighted by molar-refractivity contribution is 6.04. The minimum Gasteiger partial charge on any atom is -0.435 e. The van der Waals surface area contributed by atoms with E-state index in [4.69, 9.17) is 4.42 Å². The molecule has 1 aromatic heterocycles. The molecule has 0 saturated heterocycles. The van der Waals surface area contributed by atoms with E-state index in [1.807, 2.05) is 38.4 Å². The molecule has 0 atom stereocenters. The molecule has 0 aliphatic carbocycles. The van der Waals surface area contributed by atoms with Gasteiger partial charge in [0, 0.05) is 25.2 Å². The zero-order valence-electron chi connectivity index (χ0n) is 13.8. The minimum atomic E-state index is -0.526. The van der Waals surface area contributed by atoms with Crippen molar-refractivity contribution in [3.05, 3.63) is 53.3 Å². The van der Waals surface area contributed by atoms with Gasteiger partial charge >= 0.3 is 0 Å². The molecule has 3 aromatic rings. The van der Waals surface area contributed by atoms with E-state index >= 15 is 0 Å². The van der Waals surface area contributed by atoms with Gasteiger partial charge in [0.05, 0.1) is 5.56 Å². The van der Waals surface area contributed by atoms with E-state index < -0.39 is 11.7 Å². The van der Waals surface area contributed by atoms with Crippen LogP contribution in [0, 0.1) is 5.82 Å². The summed E-state index contributed by atoms with van der Waals surface area (Å²) >= 11 is 0. The van der Waals surface area contributed by atoms with Gasteiger partial charge in [-0.2, -0.15) is 0 Å². The van der Waals surface area contributed by atoms with Crippen molar-refractivity contribution in [2.45, 2.75) is 6.54 Å². The average molecular weight is 327 g/mol. The zero-order valence-corrected chi connectivity index (χ0v) is 13.8. The molecular weight excluding hydrogens is 309 g/mol. The number of hydrogen-bond donors (Lipinski definition) is 1. The second kappa shape index (κ2) is 6.41. The van der Waals surface area contributed by atoms with Crippen molar-refractivity contribution in [2.24, 2.45) is 0 Å². The van der Waals surface area contributed by atoms with E-state index in [9.17, 15) is 9.18 Å². The first-order valence-corrected chi connectivity index (χ1v) is 7.54. The third-order valence-corrected chi connectivity index (χ3v) is 3.63. The van der Waals surface area contributed by atoms with Gasteiger partial charge in [-0.1, -0.05) is 12.1 Å². The van der Waals surface area contributed by atoms with Crippen LogP contribution in [0.1, 0.15) is 15.9 Å². The van der Waals surface area contributed by atoms with Crippen LogP contribution < -0.4 is 5.32 Å². The number of amides is 1. The molecule has 3 rings (SSSR count). The Bertz CT molecular complexity index is 885. The summed E-state index contributed by atoms with van der Waals surface area (Å²) in [5, 5.41) is 2.48. The summed E-state index contributed by atoms with van der Waals surface area (Å²) in [4.78, 5) is 18.3. The standard InChI is InChI=1S/C18H18FN3O2/c1-20-17(23)14-8-13(19)9-15-16(14)24-18(21-15)12-6-4-11(5-7-12)10-22(2)3/h4-9H,10H2,1-3H3,(H,20,23). The van der Waals surface area contributed by atoms with Crippen molar-refractivity contribution in [2.75, 3.05) is 21.1 Å².